The molecule has 0 radical (unpaired) electrons. The summed E-state index contributed by atoms with van der Waals surface area (Å²) in [4.78, 5) is 15.4. The van der Waals surface area contributed by atoms with Crippen LogP contribution in [0.3, 0.4) is 0 Å². The van der Waals surface area contributed by atoms with Gasteiger partial charge in [-0.1, -0.05) is 140 Å². The summed E-state index contributed by atoms with van der Waals surface area (Å²) in [5, 5.41) is 6.76. The van der Waals surface area contributed by atoms with Crippen molar-refractivity contribution in [2.75, 3.05) is 0 Å². The van der Waals surface area contributed by atoms with Crippen LogP contribution in [-0.2, 0) is 0 Å². The highest BCUT2D eigenvalue weighted by atomic mass is 16.3. The molecule has 8 aromatic carbocycles. The second kappa shape index (κ2) is 12.3. The largest absolute Gasteiger partial charge is 0.456 e. The van der Waals surface area contributed by atoms with Crippen LogP contribution in [0.5, 0.6) is 0 Å². The van der Waals surface area contributed by atoms with Gasteiger partial charge in [0.25, 0.3) is 0 Å². The molecule has 4 heterocycles. The third-order valence-electron chi connectivity index (χ3n) is 11.1. The van der Waals surface area contributed by atoms with Gasteiger partial charge < -0.3 is 13.6 Å². The van der Waals surface area contributed by atoms with Crippen LogP contribution in [0.25, 0.3) is 111 Å². The van der Waals surface area contributed by atoms with E-state index in [-0.39, 0.29) is 0 Å². The Labute approximate surface area is 326 Å². The maximum Gasteiger partial charge on any atom is 0.164 e. The van der Waals surface area contributed by atoms with Gasteiger partial charge in [-0.15, -0.1) is 0 Å². The standard InChI is InChI=1S/C51H31N5O/c1-4-16-32(17-5-1)49-52-50(33-18-6-2-7-19-33)54-51(53-49)40-30-35(31-45-46(40)39-24-12-15-27-44(39)57-45)55-42-26-14-11-23-38(42)47-43(55)29-28-37-36-22-10-13-25-41(36)56(48(37)47)34-20-8-3-9-21-34/h1-31H. The van der Waals surface area contributed by atoms with Crippen LogP contribution >= 0.6 is 0 Å². The first kappa shape index (κ1) is 31.5. The van der Waals surface area contributed by atoms with Crippen LogP contribution in [0.4, 0.5) is 0 Å². The fraction of sp³-hybridized carbons (Fsp3) is 0. The van der Waals surface area contributed by atoms with E-state index in [1.807, 2.05) is 72.8 Å². The molecular formula is C51H31N5O. The van der Waals surface area contributed by atoms with Crippen molar-refractivity contribution in [2.24, 2.45) is 0 Å². The second-order valence-electron chi connectivity index (χ2n) is 14.4. The molecule has 0 saturated heterocycles. The Morgan fingerprint density at radius 2 is 0.912 bits per heavy atom. The number of nitrogens with zero attached hydrogens (tertiary/aromatic N) is 5. The minimum atomic E-state index is 0.577. The molecule has 0 aliphatic carbocycles. The Morgan fingerprint density at radius 3 is 1.61 bits per heavy atom. The summed E-state index contributed by atoms with van der Waals surface area (Å²) in [6.07, 6.45) is 0. The van der Waals surface area contributed by atoms with E-state index in [9.17, 15) is 0 Å². The summed E-state index contributed by atoms with van der Waals surface area (Å²) in [6, 6.07) is 65.5. The molecule has 6 nitrogen and oxygen atoms in total. The molecule has 57 heavy (non-hydrogen) atoms. The van der Waals surface area contributed by atoms with Crippen molar-refractivity contribution >= 4 is 65.6 Å². The third-order valence-corrected chi connectivity index (χ3v) is 11.1. The molecule has 12 rings (SSSR count). The average Bonchev–Trinajstić information content (AvgIpc) is 3.94. The highest BCUT2D eigenvalue weighted by molar-refractivity contribution is 6.26. The molecule has 12 aromatic rings. The van der Waals surface area contributed by atoms with Gasteiger partial charge in [-0.2, -0.15) is 0 Å². The van der Waals surface area contributed by atoms with Crippen LogP contribution in [0.1, 0.15) is 0 Å². The number of para-hydroxylation sites is 4. The molecule has 0 spiro atoms. The number of hydrogen-bond acceptors (Lipinski definition) is 4. The number of hydrogen-bond donors (Lipinski definition) is 0. The summed E-state index contributed by atoms with van der Waals surface area (Å²) in [5.74, 6) is 1.80. The zero-order chi connectivity index (χ0) is 37.5. The topological polar surface area (TPSA) is 61.7 Å². The first-order valence-corrected chi connectivity index (χ1v) is 19.1. The highest BCUT2D eigenvalue weighted by Crippen LogP contribution is 2.44. The van der Waals surface area contributed by atoms with Crippen molar-refractivity contribution < 1.29 is 4.42 Å². The molecule has 0 unspecified atom stereocenters. The van der Waals surface area contributed by atoms with E-state index in [2.05, 4.69) is 124 Å². The molecule has 266 valence electrons. The number of rotatable bonds is 5. The van der Waals surface area contributed by atoms with Crippen molar-refractivity contribution in [2.45, 2.75) is 0 Å². The first-order chi connectivity index (χ1) is 28.3. The summed E-state index contributed by atoms with van der Waals surface area (Å²) >= 11 is 0. The number of furan rings is 1. The van der Waals surface area contributed by atoms with E-state index < -0.39 is 0 Å². The molecule has 0 aliphatic rings. The Balaban J connectivity index is 1.20. The van der Waals surface area contributed by atoms with Crippen molar-refractivity contribution in [3.05, 3.63) is 188 Å². The van der Waals surface area contributed by atoms with Crippen molar-refractivity contribution in [1.82, 2.24) is 24.1 Å². The van der Waals surface area contributed by atoms with E-state index in [0.717, 1.165) is 61.0 Å². The fourth-order valence-electron chi connectivity index (χ4n) is 8.71. The number of benzene rings is 8. The van der Waals surface area contributed by atoms with Gasteiger partial charge in [0.05, 0.1) is 27.8 Å². The van der Waals surface area contributed by atoms with Crippen molar-refractivity contribution in [3.63, 3.8) is 0 Å². The van der Waals surface area contributed by atoms with Crippen LogP contribution in [-0.4, -0.2) is 24.1 Å². The van der Waals surface area contributed by atoms with Gasteiger partial charge in [0, 0.05) is 60.8 Å². The van der Waals surface area contributed by atoms with Gasteiger partial charge >= 0.3 is 0 Å². The lowest BCUT2D eigenvalue weighted by Gasteiger charge is -2.13. The Kier molecular flexibility index (Phi) is 6.83. The van der Waals surface area contributed by atoms with Gasteiger partial charge in [-0.3, -0.25) is 0 Å². The lowest BCUT2D eigenvalue weighted by molar-refractivity contribution is 0.668. The molecule has 0 saturated carbocycles. The normalized spacial score (nSPS) is 11.9. The summed E-state index contributed by atoms with van der Waals surface area (Å²) in [7, 11) is 0. The van der Waals surface area contributed by atoms with Crippen molar-refractivity contribution in [1.29, 1.82) is 0 Å². The van der Waals surface area contributed by atoms with E-state index in [1.54, 1.807) is 0 Å². The molecule has 0 atom stereocenters. The number of aromatic nitrogens is 5. The smallest absolute Gasteiger partial charge is 0.164 e. The molecule has 4 aromatic heterocycles. The van der Waals surface area contributed by atoms with E-state index >= 15 is 0 Å². The lowest BCUT2D eigenvalue weighted by atomic mass is 10.0. The zero-order valence-corrected chi connectivity index (χ0v) is 30.5. The fourth-order valence-corrected chi connectivity index (χ4v) is 8.71. The van der Waals surface area contributed by atoms with Gasteiger partial charge in [0.1, 0.15) is 11.2 Å². The first-order valence-electron chi connectivity index (χ1n) is 19.1. The maximum absolute atomic E-state index is 6.71. The molecule has 0 amide bonds. The molecule has 0 fully saturated rings. The van der Waals surface area contributed by atoms with Gasteiger partial charge in [-0.25, -0.2) is 15.0 Å². The zero-order valence-electron chi connectivity index (χ0n) is 30.5. The second-order valence-corrected chi connectivity index (χ2v) is 14.4. The molecule has 6 heteroatoms. The summed E-state index contributed by atoms with van der Waals surface area (Å²) in [6.45, 7) is 0. The monoisotopic (exact) mass is 729 g/mol. The van der Waals surface area contributed by atoms with E-state index in [1.165, 1.54) is 32.6 Å². The quantitative estimate of drug-likeness (QED) is 0.177. The Morgan fingerprint density at radius 1 is 0.351 bits per heavy atom. The Hall–Kier alpha value is -7.83. The van der Waals surface area contributed by atoms with Crippen molar-refractivity contribution in [3.8, 4) is 45.5 Å². The minimum absolute atomic E-state index is 0.577. The van der Waals surface area contributed by atoms with Gasteiger partial charge in [0.15, 0.2) is 17.5 Å². The van der Waals surface area contributed by atoms with Crippen LogP contribution < -0.4 is 0 Å². The predicted molar refractivity (Wildman–Crippen MR) is 232 cm³/mol. The number of fused-ring (bicyclic) bond motifs is 10. The predicted octanol–water partition coefficient (Wildman–Crippen LogP) is 13.0. The van der Waals surface area contributed by atoms with Crippen LogP contribution in [0.2, 0.25) is 0 Å². The minimum Gasteiger partial charge on any atom is -0.456 e. The molecule has 0 bridgehead atoms. The molecule has 0 N–H and O–H groups in total. The molecule has 0 aliphatic heterocycles. The average molecular weight is 730 g/mol. The SMILES string of the molecule is c1ccc(-c2nc(-c3ccccc3)nc(-c3cc(-n4c5ccccc5c5c4ccc4c6ccccc6n(-c6ccccc6)c45)cc4oc5ccccc5c34)n2)cc1. The van der Waals surface area contributed by atoms with E-state index in [0.29, 0.717) is 17.5 Å². The summed E-state index contributed by atoms with van der Waals surface area (Å²) in [5.41, 5.74) is 10.9. The third kappa shape index (κ3) is 4.81. The maximum atomic E-state index is 6.71. The molecular weight excluding hydrogens is 699 g/mol. The summed E-state index contributed by atoms with van der Waals surface area (Å²) < 4.78 is 11.5. The van der Waals surface area contributed by atoms with Crippen LogP contribution in [0, 0.1) is 0 Å². The Bertz CT molecular complexity index is 3450. The lowest BCUT2D eigenvalue weighted by Crippen LogP contribution is -2.01. The van der Waals surface area contributed by atoms with Gasteiger partial charge in [0.2, 0.25) is 0 Å². The van der Waals surface area contributed by atoms with Gasteiger partial charge in [-0.05, 0) is 42.5 Å². The van der Waals surface area contributed by atoms with Crippen LogP contribution in [0.15, 0.2) is 192 Å². The highest BCUT2D eigenvalue weighted by Gasteiger charge is 2.24. The van der Waals surface area contributed by atoms with E-state index in [4.69, 9.17) is 19.4 Å².